The van der Waals surface area contributed by atoms with E-state index in [0.717, 1.165) is 28.0 Å². The van der Waals surface area contributed by atoms with Crippen molar-refractivity contribution in [1.29, 1.82) is 0 Å². The molecule has 1 N–H and O–H groups in total. The Kier molecular flexibility index (Phi) is 4.30. The lowest BCUT2D eigenvalue weighted by Crippen LogP contribution is -2.05. The quantitative estimate of drug-likeness (QED) is 0.927. The van der Waals surface area contributed by atoms with Gasteiger partial charge in [0.2, 0.25) is 0 Å². The number of methoxy groups -OCH3 is 2. The van der Waals surface area contributed by atoms with Crippen molar-refractivity contribution in [1.82, 2.24) is 0 Å². The molecule has 20 heavy (non-hydrogen) atoms. The third kappa shape index (κ3) is 2.63. The van der Waals surface area contributed by atoms with E-state index in [9.17, 15) is 5.11 Å². The molecule has 0 aliphatic heterocycles. The van der Waals surface area contributed by atoms with Crippen LogP contribution in [0.5, 0.6) is 11.5 Å². The molecule has 0 bridgehead atoms. The van der Waals surface area contributed by atoms with Crippen molar-refractivity contribution >= 4 is 0 Å². The molecule has 0 aromatic heterocycles. The monoisotopic (exact) mass is 272 g/mol. The second kappa shape index (κ2) is 5.97. The molecule has 0 fully saturated rings. The number of hydrogen-bond donors (Lipinski definition) is 1. The van der Waals surface area contributed by atoms with E-state index in [-0.39, 0.29) is 0 Å². The molecule has 0 radical (unpaired) electrons. The standard InChI is InChI=1S/C17H20O3/c1-11-10-16(20-4)12(2)9-14(11)17(18)13-7-5-6-8-15(13)19-3/h5-10,17-18H,1-4H3. The number of benzene rings is 2. The fourth-order valence-electron chi connectivity index (χ4n) is 2.39. The van der Waals surface area contributed by atoms with Crippen molar-refractivity contribution < 1.29 is 14.6 Å². The fourth-order valence-corrected chi connectivity index (χ4v) is 2.39. The van der Waals surface area contributed by atoms with E-state index in [4.69, 9.17) is 9.47 Å². The van der Waals surface area contributed by atoms with Gasteiger partial charge in [0.25, 0.3) is 0 Å². The topological polar surface area (TPSA) is 38.7 Å². The van der Waals surface area contributed by atoms with Crippen molar-refractivity contribution in [2.45, 2.75) is 20.0 Å². The third-order valence-electron chi connectivity index (χ3n) is 3.51. The zero-order valence-corrected chi connectivity index (χ0v) is 12.3. The van der Waals surface area contributed by atoms with E-state index >= 15 is 0 Å². The van der Waals surface area contributed by atoms with Crippen LogP contribution in [0.25, 0.3) is 0 Å². The van der Waals surface area contributed by atoms with E-state index < -0.39 is 6.10 Å². The summed E-state index contributed by atoms with van der Waals surface area (Å²) in [6.07, 6.45) is -0.712. The molecule has 2 aromatic carbocycles. The van der Waals surface area contributed by atoms with E-state index in [2.05, 4.69) is 0 Å². The van der Waals surface area contributed by atoms with Gasteiger partial charge < -0.3 is 14.6 Å². The number of aliphatic hydroxyl groups excluding tert-OH is 1. The maximum absolute atomic E-state index is 10.7. The second-order valence-electron chi connectivity index (χ2n) is 4.82. The van der Waals surface area contributed by atoms with E-state index in [0.29, 0.717) is 5.75 Å². The lowest BCUT2D eigenvalue weighted by atomic mass is 9.95. The zero-order chi connectivity index (χ0) is 14.7. The van der Waals surface area contributed by atoms with Crippen LogP contribution >= 0.6 is 0 Å². The maximum Gasteiger partial charge on any atom is 0.125 e. The molecular weight excluding hydrogens is 252 g/mol. The van der Waals surface area contributed by atoms with Crippen LogP contribution in [-0.2, 0) is 0 Å². The first kappa shape index (κ1) is 14.4. The van der Waals surface area contributed by atoms with Gasteiger partial charge in [-0.2, -0.15) is 0 Å². The summed E-state index contributed by atoms with van der Waals surface area (Å²) in [5, 5.41) is 10.7. The molecule has 2 rings (SSSR count). The van der Waals surface area contributed by atoms with E-state index in [1.807, 2.05) is 50.2 Å². The Hall–Kier alpha value is -2.00. The zero-order valence-electron chi connectivity index (χ0n) is 12.3. The summed E-state index contributed by atoms with van der Waals surface area (Å²) in [6, 6.07) is 11.4. The smallest absolute Gasteiger partial charge is 0.125 e. The third-order valence-corrected chi connectivity index (χ3v) is 3.51. The van der Waals surface area contributed by atoms with Crippen LogP contribution in [-0.4, -0.2) is 19.3 Å². The van der Waals surface area contributed by atoms with Gasteiger partial charge in [0.05, 0.1) is 14.2 Å². The van der Waals surface area contributed by atoms with Crippen LogP contribution in [0, 0.1) is 13.8 Å². The van der Waals surface area contributed by atoms with Gasteiger partial charge in [0.15, 0.2) is 0 Å². The number of aliphatic hydroxyl groups is 1. The highest BCUT2D eigenvalue weighted by Gasteiger charge is 2.18. The number of rotatable bonds is 4. The Bertz CT molecular complexity index is 605. The molecule has 1 atom stereocenters. The molecule has 2 aromatic rings. The van der Waals surface area contributed by atoms with Gasteiger partial charge in [0, 0.05) is 5.56 Å². The first-order valence-electron chi connectivity index (χ1n) is 6.54. The Morgan fingerprint density at radius 2 is 1.50 bits per heavy atom. The van der Waals surface area contributed by atoms with Gasteiger partial charge >= 0.3 is 0 Å². The molecule has 0 saturated heterocycles. The van der Waals surface area contributed by atoms with Crippen LogP contribution in [0.15, 0.2) is 36.4 Å². The van der Waals surface area contributed by atoms with Gasteiger partial charge in [-0.1, -0.05) is 18.2 Å². The molecule has 3 heteroatoms. The summed E-state index contributed by atoms with van der Waals surface area (Å²) in [4.78, 5) is 0. The lowest BCUT2D eigenvalue weighted by Gasteiger charge is -2.18. The number of ether oxygens (including phenoxy) is 2. The molecule has 1 unspecified atom stereocenters. The van der Waals surface area contributed by atoms with Crippen molar-refractivity contribution in [3.05, 3.63) is 58.7 Å². The number of para-hydroxylation sites is 1. The van der Waals surface area contributed by atoms with Crippen molar-refractivity contribution in [2.24, 2.45) is 0 Å². The molecule has 0 spiro atoms. The van der Waals surface area contributed by atoms with Gasteiger partial charge in [0.1, 0.15) is 17.6 Å². The summed E-state index contributed by atoms with van der Waals surface area (Å²) in [5.74, 6) is 1.52. The van der Waals surface area contributed by atoms with Crippen LogP contribution in [0.4, 0.5) is 0 Å². The van der Waals surface area contributed by atoms with Crippen LogP contribution in [0.1, 0.15) is 28.4 Å². The SMILES string of the molecule is COc1cc(C)c(C(O)c2ccccc2OC)cc1C. The minimum Gasteiger partial charge on any atom is -0.496 e. The molecule has 0 amide bonds. The molecule has 0 heterocycles. The highest BCUT2D eigenvalue weighted by molar-refractivity contribution is 5.47. The Balaban J connectivity index is 2.48. The van der Waals surface area contributed by atoms with Crippen LogP contribution < -0.4 is 9.47 Å². The van der Waals surface area contributed by atoms with Gasteiger partial charge in [-0.15, -0.1) is 0 Å². The van der Waals surface area contributed by atoms with Gasteiger partial charge in [-0.05, 0) is 48.7 Å². The largest absolute Gasteiger partial charge is 0.496 e. The second-order valence-corrected chi connectivity index (χ2v) is 4.82. The summed E-state index contributed by atoms with van der Waals surface area (Å²) in [6.45, 7) is 3.94. The molecule has 0 aliphatic carbocycles. The first-order valence-corrected chi connectivity index (χ1v) is 6.54. The molecule has 106 valence electrons. The molecule has 0 aliphatic rings. The fraction of sp³-hybridized carbons (Fsp3) is 0.294. The highest BCUT2D eigenvalue weighted by Crippen LogP contribution is 2.34. The predicted octanol–water partition coefficient (Wildman–Crippen LogP) is 3.40. The number of aryl methyl sites for hydroxylation is 2. The normalized spacial score (nSPS) is 12.1. The average Bonchev–Trinajstić information content (AvgIpc) is 2.48. The lowest BCUT2D eigenvalue weighted by molar-refractivity contribution is 0.214. The molecule has 3 nitrogen and oxygen atoms in total. The Morgan fingerprint density at radius 1 is 0.850 bits per heavy atom. The van der Waals surface area contributed by atoms with E-state index in [1.165, 1.54) is 0 Å². The number of hydrogen-bond acceptors (Lipinski definition) is 3. The molecule has 0 saturated carbocycles. The van der Waals surface area contributed by atoms with Crippen molar-refractivity contribution in [2.75, 3.05) is 14.2 Å². The van der Waals surface area contributed by atoms with Crippen LogP contribution in [0.3, 0.4) is 0 Å². The van der Waals surface area contributed by atoms with Crippen molar-refractivity contribution in [3.63, 3.8) is 0 Å². The molecular formula is C17H20O3. The predicted molar refractivity (Wildman–Crippen MR) is 79.5 cm³/mol. The maximum atomic E-state index is 10.7. The van der Waals surface area contributed by atoms with E-state index in [1.54, 1.807) is 14.2 Å². The first-order chi connectivity index (χ1) is 9.58. The average molecular weight is 272 g/mol. The van der Waals surface area contributed by atoms with Crippen LogP contribution in [0.2, 0.25) is 0 Å². The summed E-state index contributed by atoms with van der Waals surface area (Å²) in [5.41, 5.74) is 3.63. The van der Waals surface area contributed by atoms with Gasteiger partial charge in [-0.3, -0.25) is 0 Å². The summed E-state index contributed by atoms with van der Waals surface area (Å²) >= 11 is 0. The van der Waals surface area contributed by atoms with Crippen molar-refractivity contribution in [3.8, 4) is 11.5 Å². The minimum atomic E-state index is -0.712. The Labute approximate surface area is 119 Å². The Morgan fingerprint density at radius 3 is 2.15 bits per heavy atom. The summed E-state index contributed by atoms with van der Waals surface area (Å²) < 4.78 is 10.6. The van der Waals surface area contributed by atoms with Gasteiger partial charge in [-0.25, -0.2) is 0 Å². The minimum absolute atomic E-state index is 0.688. The summed E-state index contributed by atoms with van der Waals surface area (Å²) in [7, 11) is 3.26. The highest BCUT2D eigenvalue weighted by atomic mass is 16.5.